The number of allylic oxidation sites excluding steroid dienone is 15. The van der Waals surface area contributed by atoms with E-state index in [2.05, 4.69) is 197 Å². The lowest BCUT2D eigenvalue weighted by atomic mass is 9.95. The van der Waals surface area contributed by atoms with Crippen LogP contribution in [0.2, 0.25) is 0 Å². The van der Waals surface area contributed by atoms with Crippen LogP contribution in [0.3, 0.4) is 0 Å². The molecule has 0 saturated heterocycles. The third-order valence-corrected chi connectivity index (χ3v) is 10.3. The van der Waals surface area contributed by atoms with Crippen molar-refractivity contribution in [2.75, 3.05) is 41.3 Å². The number of fused-ring (bicyclic) bond motifs is 7. The number of hydrogen-bond donors (Lipinski definition) is 3. The van der Waals surface area contributed by atoms with E-state index in [9.17, 15) is 0 Å². The first-order valence-electron chi connectivity index (χ1n) is 17.8. The molecule has 258 valence electrons. The van der Waals surface area contributed by atoms with Crippen molar-refractivity contribution in [1.82, 2.24) is 34.9 Å². The van der Waals surface area contributed by atoms with Crippen molar-refractivity contribution in [2.45, 2.75) is 6.04 Å². The van der Waals surface area contributed by atoms with E-state index in [1.54, 1.807) is 0 Å². The number of aliphatic imine (C=N–C) groups is 1. The van der Waals surface area contributed by atoms with E-state index in [-0.39, 0.29) is 6.04 Å². The van der Waals surface area contributed by atoms with Gasteiger partial charge in [-0.2, -0.15) is 0 Å². The van der Waals surface area contributed by atoms with Gasteiger partial charge in [0.2, 0.25) is 0 Å². The Hall–Kier alpha value is -6.41. The van der Waals surface area contributed by atoms with E-state index in [0.717, 1.165) is 92.0 Å². The van der Waals surface area contributed by atoms with Gasteiger partial charge in [0.15, 0.2) is 0 Å². The van der Waals surface area contributed by atoms with E-state index >= 15 is 0 Å². The Balaban J connectivity index is 1.30. The second kappa shape index (κ2) is 12.7. The van der Waals surface area contributed by atoms with Gasteiger partial charge in [-0.05, 0) is 114 Å². The molecule has 0 radical (unpaired) electrons. The second-order valence-electron chi connectivity index (χ2n) is 14.1. The molecule has 0 aliphatic carbocycles. The zero-order valence-corrected chi connectivity index (χ0v) is 29.9. The zero-order chi connectivity index (χ0) is 35.3. The van der Waals surface area contributed by atoms with Crippen molar-refractivity contribution in [3.8, 4) is 0 Å². The van der Waals surface area contributed by atoms with E-state index in [1.165, 1.54) is 5.57 Å². The Labute approximate surface area is 305 Å². The lowest BCUT2D eigenvalue weighted by Gasteiger charge is -2.23. The summed E-state index contributed by atoms with van der Waals surface area (Å²) in [7, 11) is 8.31. The van der Waals surface area contributed by atoms with E-state index in [0.29, 0.717) is 0 Å². The van der Waals surface area contributed by atoms with Crippen LogP contribution >= 0.6 is 0 Å². The summed E-state index contributed by atoms with van der Waals surface area (Å²) in [5, 5.41) is 3.95. The summed E-state index contributed by atoms with van der Waals surface area (Å²) in [5.74, 6) is 0. The number of likely N-dealkylation sites (N-methyl/N-ethyl adjacent to an activating group) is 2. The van der Waals surface area contributed by atoms with E-state index < -0.39 is 0 Å². The number of aromatic amines is 2. The summed E-state index contributed by atoms with van der Waals surface area (Å²) >= 11 is 0. The molecule has 8 nitrogen and oxygen atoms in total. The predicted molar refractivity (Wildman–Crippen MR) is 213 cm³/mol. The molecule has 0 fully saturated rings. The van der Waals surface area contributed by atoms with Crippen molar-refractivity contribution >= 4 is 22.4 Å². The average molecular weight is 683 g/mol. The molecule has 9 heterocycles. The molecule has 8 heteroatoms. The number of nitrogens with zero attached hydrogens (tertiary/aromatic N) is 5. The minimum atomic E-state index is -0.0891. The van der Waals surface area contributed by atoms with Crippen LogP contribution in [-0.4, -0.2) is 82.6 Å². The number of nitrogens with one attached hydrogen (secondary N) is 3. The molecule has 0 spiro atoms. The summed E-state index contributed by atoms with van der Waals surface area (Å²) in [5.41, 5.74) is 16.1. The van der Waals surface area contributed by atoms with Crippen LogP contribution < -0.4 is 5.32 Å². The molecule has 1 atom stereocenters. The van der Waals surface area contributed by atoms with Gasteiger partial charge in [-0.25, -0.2) is 4.99 Å². The van der Waals surface area contributed by atoms with Crippen molar-refractivity contribution in [3.63, 3.8) is 0 Å². The minimum Gasteiger partial charge on any atom is -0.377 e. The maximum absolute atomic E-state index is 5.44. The molecule has 0 saturated carbocycles. The first kappa shape index (κ1) is 31.6. The average Bonchev–Trinajstić information content (AvgIpc) is 3.99. The molecule has 2 aromatic rings. The molecule has 0 amide bonds. The SMILES string of the molecule is CN1C=CC(=C2c3ccc([nH]3)/C(C3=CCN(C)C=C3)=C3/C=CC(=N3)C(=C3C=CN(C)C=C3)C3C=C/C(=C(\C4=CCN(C)C=C4)c4ccc2[nH]4)N3)C=C1. The first-order valence-corrected chi connectivity index (χ1v) is 17.8. The molecule has 8 bridgehead atoms. The summed E-state index contributed by atoms with van der Waals surface area (Å²) in [6.07, 6.45) is 39.3. The van der Waals surface area contributed by atoms with Crippen molar-refractivity contribution in [1.29, 1.82) is 0 Å². The van der Waals surface area contributed by atoms with Crippen LogP contribution in [0, 0.1) is 0 Å². The molecule has 0 aromatic carbocycles. The maximum Gasteiger partial charge on any atom is 0.0737 e. The van der Waals surface area contributed by atoms with Crippen LogP contribution in [0.4, 0.5) is 0 Å². The van der Waals surface area contributed by atoms with Gasteiger partial charge in [0.1, 0.15) is 0 Å². The Morgan fingerprint density at radius 2 is 1.10 bits per heavy atom. The van der Waals surface area contributed by atoms with Gasteiger partial charge in [-0.3, -0.25) is 0 Å². The van der Waals surface area contributed by atoms with Crippen LogP contribution in [0.1, 0.15) is 22.8 Å². The normalized spacial score (nSPS) is 24.8. The van der Waals surface area contributed by atoms with E-state index in [1.807, 2.05) is 0 Å². The third-order valence-electron chi connectivity index (χ3n) is 10.3. The number of H-pyrrole nitrogens is 2. The lowest BCUT2D eigenvalue weighted by Crippen LogP contribution is -2.29. The number of rotatable bonds is 2. The third kappa shape index (κ3) is 5.72. The van der Waals surface area contributed by atoms with Gasteiger partial charge in [0, 0.05) is 117 Å². The van der Waals surface area contributed by atoms with Crippen molar-refractivity contribution in [2.24, 2.45) is 4.99 Å². The van der Waals surface area contributed by atoms with Crippen molar-refractivity contribution in [3.05, 3.63) is 196 Å². The zero-order valence-electron chi connectivity index (χ0n) is 29.9. The van der Waals surface area contributed by atoms with Crippen LogP contribution in [0.5, 0.6) is 0 Å². The summed E-state index contributed by atoms with van der Waals surface area (Å²) in [6, 6.07) is 8.75. The highest BCUT2D eigenvalue weighted by Gasteiger charge is 2.29. The Bertz CT molecular complexity index is 2310. The Morgan fingerprint density at radius 1 is 0.558 bits per heavy atom. The van der Waals surface area contributed by atoms with Crippen LogP contribution in [0.25, 0.3) is 16.7 Å². The summed E-state index contributed by atoms with van der Waals surface area (Å²) < 4.78 is 0. The predicted octanol–water partition coefficient (Wildman–Crippen LogP) is 7.13. The first-order chi connectivity index (χ1) is 25.4. The fourth-order valence-corrected chi connectivity index (χ4v) is 7.52. The lowest BCUT2D eigenvalue weighted by molar-refractivity contribution is 0.503. The number of hydrogen-bond acceptors (Lipinski definition) is 6. The van der Waals surface area contributed by atoms with Gasteiger partial charge >= 0.3 is 0 Å². The molecule has 2 aromatic heterocycles. The highest BCUT2D eigenvalue weighted by molar-refractivity contribution is 6.14. The largest absolute Gasteiger partial charge is 0.377 e. The molecule has 52 heavy (non-hydrogen) atoms. The minimum absolute atomic E-state index is 0.0891. The van der Waals surface area contributed by atoms with Crippen molar-refractivity contribution < 1.29 is 0 Å². The maximum atomic E-state index is 5.44. The Kier molecular flexibility index (Phi) is 7.73. The molecule has 3 N–H and O–H groups in total. The van der Waals surface area contributed by atoms with Gasteiger partial charge in [0.05, 0.1) is 17.5 Å². The highest BCUT2D eigenvalue weighted by atomic mass is 15.1. The van der Waals surface area contributed by atoms with Gasteiger partial charge in [0.25, 0.3) is 0 Å². The van der Waals surface area contributed by atoms with Gasteiger partial charge in [-0.1, -0.05) is 18.2 Å². The van der Waals surface area contributed by atoms with Gasteiger partial charge in [-0.15, -0.1) is 0 Å². The summed E-state index contributed by atoms with van der Waals surface area (Å²) in [6.45, 7) is 1.67. The van der Waals surface area contributed by atoms with Crippen LogP contribution in [-0.2, 0) is 0 Å². The quantitative estimate of drug-likeness (QED) is 0.315. The molecule has 7 aliphatic heterocycles. The van der Waals surface area contributed by atoms with E-state index in [4.69, 9.17) is 4.99 Å². The highest BCUT2D eigenvalue weighted by Crippen LogP contribution is 2.39. The fourth-order valence-electron chi connectivity index (χ4n) is 7.52. The standard InChI is InChI=1S/C44H42N8/c1-49-21-13-29(14-22-49)41-33-5-7-35(45-33)42(30-15-23-50(2)24-16-30)37-9-11-39(47-37)44(32-19-27-52(4)28-20-32)40-12-10-38(48-40)43(36-8-6-34(41)46-36)31-17-25-51(3)26-18-31/h5-23,25,27-28,33,45,47-48H,24,26H2,1-4H3/b42-35-,43-36-. The molecular formula is C44H42N8. The smallest absolute Gasteiger partial charge is 0.0737 e. The monoisotopic (exact) mass is 682 g/mol. The molecule has 7 aliphatic rings. The summed E-state index contributed by atoms with van der Waals surface area (Å²) in [4.78, 5) is 21.7. The molecular weight excluding hydrogens is 641 g/mol. The topological polar surface area (TPSA) is 68.9 Å². The Morgan fingerprint density at radius 3 is 1.67 bits per heavy atom. The molecule has 9 rings (SSSR count). The molecule has 1 unspecified atom stereocenters. The second-order valence-corrected chi connectivity index (χ2v) is 14.1. The number of aromatic nitrogens is 2. The van der Waals surface area contributed by atoms with Crippen LogP contribution in [0.15, 0.2) is 179 Å². The fraction of sp³-hybridized carbons (Fsp3) is 0.159. The van der Waals surface area contributed by atoms with Gasteiger partial charge < -0.3 is 34.9 Å².